The summed E-state index contributed by atoms with van der Waals surface area (Å²) in [5, 5.41) is 11.2. The summed E-state index contributed by atoms with van der Waals surface area (Å²) in [6.07, 6.45) is 0. The molecule has 0 amide bonds. The lowest BCUT2D eigenvalue weighted by atomic mass is 9.98. The largest absolute Gasteiger partial charge is 0.481 e. The van der Waals surface area contributed by atoms with E-state index in [9.17, 15) is 14.7 Å². The van der Waals surface area contributed by atoms with E-state index >= 15 is 0 Å². The zero-order chi connectivity index (χ0) is 15.7. The molecule has 0 fully saturated rings. The average molecular weight is 371 g/mol. The Morgan fingerprint density at radius 2 is 2.19 bits per heavy atom. The number of rotatable bonds is 4. The molecule has 2 aromatic heterocycles. The quantitative estimate of drug-likeness (QED) is 0.897. The number of aryl methyl sites for hydroxylation is 1. The highest BCUT2D eigenvalue weighted by molar-refractivity contribution is 9.10. The van der Waals surface area contributed by atoms with E-state index in [0.29, 0.717) is 23.5 Å². The fourth-order valence-corrected chi connectivity index (χ4v) is 3.78. The second-order valence-electron chi connectivity index (χ2n) is 4.86. The Morgan fingerprint density at radius 1 is 1.52 bits per heavy atom. The molecule has 1 unspecified atom stereocenters. The van der Waals surface area contributed by atoms with E-state index in [4.69, 9.17) is 0 Å². The third-order valence-electron chi connectivity index (χ3n) is 3.42. The molecular weight excluding hydrogens is 356 g/mol. The van der Waals surface area contributed by atoms with E-state index in [1.54, 1.807) is 20.8 Å². The molecule has 0 aromatic carbocycles. The molecule has 0 spiro atoms. The van der Waals surface area contributed by atoms with Crippen LogP contribution in [-0.4, -0.2) is 20.6 Å². The maximum Gasteiger partial charge on any atom is 0.348 e. The van der Waals surface area contributed by atoms with Gasteiger partial charge in [-0.25, -0.2) is 4.79 Å². The molecule has 0 radical (unpaired) electrons. The Kier molecular flexibility index (Phi) is 4.63. The predicted octanol–water partition coefficient (Wildman–Crippen LogP) is 2.92. The Labute approximate surface area is 134 Å². The number of hydrogen-bond acceptors (Lipinski definition) is 4. The summed E-state index contributed by atoms with van der Waals surface area (Å²) in [5.74, 6) is -1.62. The summed E-state index contributed by atoms with van der Waals surface area (Å²) >= 11 is 4.92. The molecule has 5 nitrogen and oxygen atoms in total. The van der Waals surface area contributed by atoms with Crippen molar-refractivity contribution in [1.82, 2.24) is 9.55 Å². The van der Waals surface area contributed by atoms with Crippen molar-refractivity contribution in [1.29, 1.82) is 0 Å². The Balaban J connectivity index is 2.53. The molecule has 0 bridgehead atoms. The standard InChI is InChI=1S/C14H15BrN2O3S/c1-7(13(18)19)12-8(2)16-14(20)17(9(12)3)5-11-4-10(15)6-21-11/h4,6-7H,5H2,1-3H3,(H,18,19). The van der Waals surface area contributed by atoms with Crippen molar-refractivity contribution in [2.75, 3.05) is 0 Å². The smallest absolute Gasteiger partial charge is 0.348 e. The molecule has 0 saturated carbocycles. The van der Waals surface area contributed by atoms with E-state index in [1.807, 2.05) is 11.4 Å². The third-order valence-corrected chi connectivity index (χ3v) is 5.10. The Morgan fingerprint density at radius 3 is 2.71 bits per heavy atom. The normalized spacial score (nSPS) is 12.4. The molecule has 0 saturated heterocycles. The highest BCUT2D eigenvalue weighted by Gasteiger charge is 2.22. The van der Waals surface area contributed by atoms with Gasteiger partial charge in [0.25, 0.3) is 0 Å². The number of halogens is 1. The van der Waals surface area contributed by atoms with Crippen LogP contribution in [0.2, 0.25) is 0 Å². The monoisotopic (exact) mass is 370 g/mol. The molecule has 0 aliphatic carbocycles. The topological polar surface area (TPSA) is 72.2 Å². The molecule has 112 valence electrons. The molecule has 2 rings (SSSR count). The van der Waals surface area contributed by atoms with Gasteiger partial charge >= 0.3 is 11.7 Å². The number of aliphatic carboxylic acids is 1. The minimum Gasteiger partial charge on any atom is -0.481 e. The van der Waals surface area contributed by atoms with Gasteiger partial charge in [0.05, 0.1) is 12.5 Å². The maximum absolute atomic E-state index is 12.1. The summed E-state index contributed by atoms with van der Waals surface area (Å²) in [5.41, 5.74) is 1.40. The summed E-state index contributed by atoms with van der Waals surface area (Å²) in [6, 6.07) is 1.94. The van der Waals surface area contributed by atoms with Crippen LogP contribution in [-0.2, 0) is 11.3 Å². The average Bonchev–Trinajstić information content (AvgIpc) is 2.79. The highest BCUT2D eigenvalue weighted by atomic mass is 79.9. The van der Waals surface area contributed by atoms with Crippen LogP contribution < -0.4 is 5.69 Å². The van der Waals surface area contributed by atoms with Crippen LogP contribution in [0.5, 0.6) is 0 Å². The van der Waals surface area contributed by atoms with Crippen molar-refractivity contribution in [2.45, 2.75) is 33.2 Å². The van der Waals surface area contributed by atoms with E-state index in [0.717, 1.165) is 9.35 Å². The molecular formula is C14H15BrN2O3S. The van der Waals surface area contributed by atoms with Gasteiger partial charge in [-0.05, 0) is 42.8 Å². The van der Waals surface area contributed by atoms with Gasteiger partial charge in [-0.2, -0.15) is 4.98 Å². The van der Waals surface area contributed by atoms with Gasteiger partial charge in [-0.1, -0.05) is 0 Å². The highest BCUT2D eigenvalue weighted by Crippen LogP contribution is 2.24. The van der Waals surface area contributed by atoms with Crippen molar-refractivity contribution >= 4 is 33.2 Å². The van der Waals surface area contributed by atoms with Gasteiger partial charge in [0.15, 0.2) is 0 Å². The minimum atomic E-state index is -0.924. The van der Waals surface area contributed by atoms with Gasteiger partial charge in [-0.15, -0.1) is 11.3 Å². The molecule has 7 heteroatoms. The van der Waals surface area contributed by atoms with Gasteiger partial charge in [0.1, 0.15) is 0 Å². The SMILES string of the molecule is Cc1nc(=O)n(Cc2cc(Br)cs2)c(C)c1C(C)C(=O)O. The van der Waals surface area contributed by atoms with Crippen molar-refractivity contribution < 1.29 is 9.90 Å². The summed E-state index contributed by atoms with van der Waals surface area (Å²) in [6.45, 7) is 5.45. The number of carboxylic acids is 1. The van der Waals surface area contributed by atoms with Gasteiger partial charge in [-0.3, -0.25) is 9.36 Å². The first kappa shape index (κ1) is 15.9. The van der Waals surface area contributed by atoms with E-state index in [2.05, 4.69) is 20.9 Å². The van der Waals surface area contributed by atoms with Crippen LogP contribution in [0.3, 0.4) is 0 Å². The van der Waals surface area contributed by atoms with Crippen LogP contribution in [0.1, 0.15) is 34.7 Å². The fourth-order valence-electron chi connectivity index (χ4n) is 2.34. The van der Waals surface area contributed by atoms with Crippen LogP contribution in [0.25, 0.3) is 0 Å². The van der Waals surface area contributed by atoms with Gasteiger partial charge < -0.3 is 5.11 Å². The lowest BCUT2D eigenvalue weighted by molar-refractivity contribution is -0.138. The summed E-state index contributed by atoms with van der Waals surface area (Å²) < 4.78 is 2.49. The Hall–Kier alpha value is -1.47. The van der Waals surface area contributed by atoms with Crippen LogP contribution in [0, 0.1) is 13.8 Å². The second-order valence-corrected chi connectivity index (χ2v) is 6.77. The zero-order valence-electron chi connectivity index (χ0n) is 11.9. The van der Waals surface area contributed by atoms with Crippen molar-refractivity contribution in [3.8, 4) is 0 Å². The fraction of sp³-hybridized carbons (Fsp3) is 0.357. The summed E-state index contributed by atoms with van der Waals surface area (Å²) in [7, 11) is 0. The maximum atomic E-state index is 12.1. The number of nitrogens with zero attached hydrogens (tertiary/aromatic N) is 2. The number of carboxylic acid groups (broad SMARTS) is 1. The molecule has 0 aliphatic rings. The predicted molar refractivity (Wildman–Crippen MR) is 85.1 cm³/mol. The van der Waals surface area contributed by atoms with Crippen LogP contribution in [0.4, 0.5) is 0 Å². The molecule has 1 N–H and O–H groups in total. The number of aromatic nitrogens is 2. The lowest BCUT2D eigenvalue weighted by Gasteiger charge is -2.17. The van der Waals surface area contributed by atoms with Crippen molar-refractivity contribution in [3.05, 3.63) is 48.2 Å². The van der Waals surface area contributed by atoms with Crippen molar-refractivity contribution in [2.24, 2.45) is 0 Å². The first-order valence-corrected chi connectivity index (χ1v) is 8.02. The number of thiophene rings is 1. The molecule has 0 aliphatic heterocycles. The molecule has 21 heavy (non-hydrogen) atoms. The first-order valence-electron chi connectivity index (χ1n) is 6.35. The lowest BCUT2D eigenvalue weighted by Crippen LogP contribution is -2.29. The zero-order valence-corrected chi connectivity index (χ0v) is 14.3. The van der Waals surface area contributed by atoms with E-state index in [1.165, 1.54) is 15.9 Å². The summed E-state index contributed by atoms with van der Waals surface area (Å²) in [4.78, 5) is 28.3. The van der Waals surface area contributed by atoms with Crippen molar-refractivity contribution in [3.63, 3.8) is 0 Å². The van der Waals surface area contributed by atoms with Gasteiger partial charge in [0.2, 0.25) is 0 Å². The number of carbonyl (C=O) groups is 1. The Bertz CT molecular complexity index is 751. The van der Waals surface area contributed by atoms with E-state index < -0.39 is 11.9 Å². The van der Waals surface area contributed by atoms with Crippen LogP contribution >= 0.6 is 27.3 Å². The minimum absolute atomic E-state index is 0.351. The molecule has 2 aromatic rings. The van der Waals surface area contributed by atoms with E-state index in [-0.39, 0.29) is 5.69 Å². The van der Waals surface area contributed by atoms with Gasteiger partial charge in [0, 0.05) is 31.7 Å². The third kappa shape index (κ3) is 3.24. The second kappa shape index (κ2) is 6.11. The molecule has 1 atom stereocenters. The first-order chi connectivity index (χ1) is 9.81. The van der Waals surface area contributed by atoms with Crippen LogP contribution in [0.15, 0.2) is 20.7 Å². The number of hydrogen-bond donors (Lipinski definition) is 1. The molecule has 2 heterocycles.